The quantitative estimate of drug-likeness (QED) is 0.658. The molecular weight excluding hydrogens is 160 g/mol. The average molecular weight is 180 g/mol. The monoisotopic (exact) mass is 180 g/mol. The van der Waals surface area contributed by atoms with Crippen LogP contribution < -0.4 is 5.32 Å². The Hall–Kier alpha value is -0.340. The van der Waals surface area contributed by atoms with E-state index < -0.39 is 0 Å². The largest absolute Gasteiger partial charge is 0.312 e. The molecule has 1 saturated carbocycles. The Bertz CT molecular complexity index is 185. The van der Waals surface area contributed by atoms with Crippen LogP contribution in [-0.4, -0.2) is 36.6 Å². The fourth-order valence-electron chi connectivity index (χ4n) is 1.81. The molecule has 13 heavy (non-hydrogen) atoms. The van der Waals surface area contributed by atoms with Crippen LogP contribution in [0.5, 0.6) is 0 Å². The molecule has 0 spiro atoms. The fraction of sp³-hybridized carbons (Fsp3) is 0.818. The van der Waals surface area contributed by atoms with Gasteiger partial charge in [-0.3, -0.25) is 4.90 Å². The lowest BCUT2D eigenvalue weighted by molar-refractivity contribution is 0.222. The molecule has 2 aliphatic rings. The van der Waals surface area contributed by atoms with Gasteiger partial charge >= 0.3 is 0 Å². The first kappa shape index (κ1) is 9.22. The summed E-state index contributed by atoms with van der Waals surface area (Å²) in [4.78, 5) is 2.55. The zero-order chi connectivity index (χ0) is 9.10. The van der Waals surface area contributed by atoms with Gasteiger partial charge in [-0.2, -0.15) is 0 Å². The van der Waals surface area contributed by atoms with Crippen molar-refractivity contribution in [2.24, 2.45) is 0 Å². The Morgan fingerprint density at radius 3 is 2.92 bits per heavy atom. The smallest absolute Gasteiger partial charge is 0.0195 e. The summed E-state index contributed by atoms with van der Waals surface area (Å²) in [6.07, 6.45) is 8.60. The van der Waals surface area contributed by atoms with Gasteiger partial charge in [0.15, 0.2) is 0 Å². The van der Waals surface area contributed by atoms with Gasteiger partial charge in [0.25, 0.3) is 0 Å². The van der Waals surface area contributed by atoms with E-state index in [1.807, 2.05) is 0 Å². The van der Waals surface area contributed by atoms with Crippen molar-refractivity contribution < 1.29 is 0 Å². The van der Waals surface area contributed by atoms with Crippen molar-refractivity contribution >= 4 is 0 Å². The highest BCUT2D eigenvalue weighted by molar-refractivity contribution is 4.93. The molecule has 1 fully saturated rings. The van der Waals surface area contributed by atoms with Gasteiger partial charge in [-0.25, -0.2) is 0 Å². The molecule has 0 aromatic carbocycles. The van der Waals surface area contributed by atoms with E-state index in [2.05, 4.69) is 29.3 Å². The highest BCUT2D eigenvalue weighted by Crippen LogP contribution is 2.18. The normalized spacial score (nSPS) is 26.2. The molecule has 2 heteroatoms. The molecule has 0 saturated heterocycles. The number of nitrogens with one attached hydrogen (secondary N) is 1. The highest BCUT2D eigenvalue weighted by atomic mass is 15.2. The van der Waals surface area contributed by atoms with Gasteiger partial charge < -0.3 is 5.32 Å². The van der Waals surface area contributed by atoms with Crippen LogP contribution in [0, 0.1) is 0 Å². The van der Waals surface area contributed by atoms with Crippen molar-refractivity contribution in [2.75, 3.05) is 19.6 Å². The van der Waals surface area contributed by atoms with Gasteiger partial charge in [-0.15, -0.1) is 0 Å². The van der Waals surface area contributed by atoms with Crippen molar-refractivity contribution in [1.82, 2.24) is 10.2 Å². The minimum Gasteiger partial charge on any atom is -0.312 e. The van der Waals surface area contributed by atoms with Gasteiger partial charge in [0.05, 0.1) is 0 Å². The first-order valence-electron chi connectivity index (χ1n) is 5.48. The number of rotatable bonds is 4. The summed E-state index contributed by atoms with van der Waals surface area (Å²) in [7, 11) is 0. The van der Waals surface area contributed by atoms with E-state index >= 15 is 0 Å². The Balaban J connectivity index is 1.68. The molecule has 1 aliphatic carbocycles. The summed E-state index contributed by atoms with van der Waals surface area (Å²) in [6.45, 7) is 5.88. The second-order valence-electron chi connectivity index (χ2n) is 4.29. The maximum Gasteiger partial charge on any atom is 0.0195 e. The van der Waals surface area contributed by atoms with Crippen LogP contribution >= 0.6 is 0 Å². The van der Waals surface area contributed by atoms with Crippen LogP contribution in [0.1, 0.15) is 26.2 Å². The summed E-state index contributed by atoms with van der Waals surface area (Å²) in [6, 6.07) is 1.55. The van der Waals surface area contributed by atoms with Crippen molar-refractivity contribution in [2.45, 2.75) is 38.3 Å². The first-order chi connectivity index (χ1) is 6.36. The van der Waals surface area contributed by atoms with Crippen molar-refractivity contribution in [3.05, 3.63) is 12.2 Å². The van der Waals surface area contributed by atoms with Crippen molar-refractivity contribution in [3.8, 4) is 0 Å². The second kappa shape index (κ2) is 4.25. The molecule has 0 amide bonds. The second-order valence-corrected chi connectivity index (χ2v) is 4.29. The molecule has 1 atom stereocenters. The van der Waals surface area contributed by atoms with E-state index in [0.717, 1.165) is 12.6 Å². The third-order valence-corrected chi connectivity index (χ3v) is 2.99. The van der Waals surface area contributed by atoms with Crippen molar-refractivity contribution in [1.29, 1.82) is 0 Å². The molecule has 2 rings (SSSR count). The Morgan fingerprint density at radius 2 is 2.31 bits per heavy atom. The first-order valence-corrected chi connectivity index (χ1v) is 5.48. The molecule has 0 radical (unpaired) electrons. The lowest BCUT2D eigenvalue weighted by Crippen LogP contribution is -2.42. The Labute approximate surface area is 81.0 Å². The van der Waals surface area contributed by atoms with E-state index in [1.54, 1.807) is 0 Å². The van der Waals surface area contributed by atoms with Crippen LogP contribution in [0.15, 0.2) is 12.2 Å². The highest BCUT2D eigenvalue weighted by Gasteiger charge is 2.22. The molecule has 74 valence electrons. The summed E-state index contributed by atoms with van der Waals surface area (Å²) in [5.74, 6) is 0. The molecule has 0 aromatic heterocycles. The summed E-state index contributed by atoms with van der Waals surface area (Å²) < 4.78 is 0. The zero-order valence-electron chi connectivity index (χ0n) is 8.50. The molecule has 1 unspecified atom stereocenters. The van der Waals surface area contributed by atoms with Gasteiger partial charge in [-0.05, 0) is 26.2 Å². The van der Waals surface area contributed by atoms with E-state index in [1.165, 1.54) is 32.4 Å². The lowest BCUT2D eigenvalue weighted by Gasteiger charge is -2.29. The molecule has 1 heterocycles. The maximum absolute atomic E-state index is 3.59. The number of nitrogens with zero attached hydrogens (tertiary/aromatic N) is 1. The van der Waals surface area contributed by atoms with E-state index in [9.17, 15) is 0 Å². The average Bonchev–Trinajstić information content (AvgIpc) is 2.99. The standard InChI is InChI=1S/C11H20N2/c1-10(9-12-11-5-6-11)13-7-3-2-4-8-13/h2-3,10-12H,4-9H2,1H3. The molecule has 0 aromatic rings. The number of hydrogen-bond donors (Lipinski definition) is 1. The Morgan fingerprint density at radius 1 is 1.46 bits per heavy atom. The Kier molecular flexibility index (Phi) is 3.01. The van der Waals surface area contributed by atoms with E-state index in [0.29, 0.717) is 6.04 Å². The van der Waals surface area contributed by atoms with Gasteiger partial charge in [0.1, 0.15) is 0 Å². The van der Waals surface area contributed by atoms with Crippen LogP contribution in [0.25, 0.3) is 0 Å². The van der Waals surface area contributed by atoms with Crippen LogP contribution in [0.3, 0.4) is 0 Å². The predicted molar refractivity (Wildman–Crippen MR) is 55.8 cm³/mol. The predicted octanol–water partition coefficient (Wildman–Crippen LogP) is 1.39. The lowest BCUT2D eigenvalue weighted by atomic mass is 10.2. The van der Waals surface area contributed by atoms with Crippen LogP contribution in [0.4, 0.5) is 0 Å². The molecule has 0 bridgehead atoms. The molecule has 1 N–H and O–H groups in total. The third kappa shape index (κ3) is 2.82. The fourth-order valence-corrected chi connectivity index (χ4v) is 1.81. The van der Waals surface area contributed by atoms with Crippen LogP contribution in [-0.2, 0) is 0 Å². The minimum absolute atomic E-state index is 0.700. The molecular formula is C11H20N2. The zero-order valence-corrected chi connectivity index (χ0v) is 8.50. The van der Waals surface area contributed by atoms with Gasteiger partial charge in [0.2, 0.25) is 0 Å². The van der Waals surface area contributed by atoms with Crippen LogP contribution in [0.2, 0.25) is 0 Å². The van der Waals surface area contributed by atoms with Gasteiger partial charge in [-0.1, -0.05) is 12.2 Å². The third-order valence-electron chi connectivity index (χ3n) is 2.99. The molecule has 1 aliphatic heterocycles. The minimum atomic E-state index is 0.700. The summed E-state index contributed by atoms with van der Waals surface area (Å²) in [5.41, 5.74) is 0. The van der Waals surface area contributed by atoms with Crippen molar-refractivity contribution in [3.63, 3.8) is 0 Å². The topological polar surface area (TPSA) is 15.3 Å². The summed E-state index contributed by atoms with van der Waals surface area (Å²) in [5, 5.41) is 3.59. The maximum atomic E-state index is 3.59. The van der Waals surface area contributed by atoms with Gasteiger partial charge in [0, 0.05) is 31.7 Å². The molecule has 2 nitrogen and oxygen atoms in total. The number of hydrogen-bond acceptors (Lipinski definition) is 2. The SMILES string of the molecule is CC(CNC1CC1)N1CC=CCC1. The van der Waals surface area contributed by atoms with E-state index in [-0.39, 0.29) is 0 Å². The van der Waals surface area contributed by atoms with E-state index in [4.69, 9.17) is 0 Å². The summed E-state index contributed by atoms with van der Waals surface area (Å²) >= 11 is 0.